The van der Waals surface area contributed by atoms with E-state index in [1.54, 1.807) is 6.92 Å². The number of carboxylic acid groups (broad SMARTS) is 2. The molecule has 1 amide bonds. The van der Waals surface area contributed by atoms with Gasteiger partial charge in [0.05, 0.1) is 5.41 Å². The van der Waals surface area contributed by atoms with Crippen molar-refractivity contribution < 1.29 is 38.5 Å². The maximum atomic E-state index is 14.2. The number of ether oxygens (including phenoxy) is 2. The Kier molecular flexibility index (Phi) is 4.14. The second kappa shape index (κ2) is 5.52. The number of amides is 1. The molecular weight excluding hydrogens is 315 g/mol. The summed E-state index contributed by atoms with van der Waals surface area (Å²) < 4.78 is 23.6. The Balaban J connectivity index is 2.49. The molecule has 0 aromatic carbocycles. The van der Waals surface area contributed by atoms with E-state index >= 15 is 0 Å². The van der Waals surface area contributed by atoms with Gasteiger partial charge in [-0.25, -0.2) is 14.0 Å². The van der Waals surface area contributed by atoms with Gasteiger partial charge in [0.25, 0.3) is 0 Å². The molecule has 0 heterocycles. The van der Waals surface area contributed by atoms with Crippen LogP contribution in [-0.2, 0) is 14.3 Å². The molecule has 0 aliphatic heterocycles. The van der Waals surface area contributed by atoms with Gasteiger partial charge in [-0.15, -0.1) is 0 Å². The first-order valence-corrected chi connectivity index (χ1v) is 7.14. The average molecular weight is 334 g/mol. The van der Waals surface area contributed by atoms with E-state index in [9.17, 15) is 18.8 Å². The van der Waals surface area contributed by atoms with Crippen LogP contribution in [0.2, 0.25) is 0 Å². The van der Waals surface area contributed by atoms with Crippen molar-refractivity contribution in [3.63, 3.8) is 0 Å². The highest BCUT2D eigenvalue weighted by atomic mass is 19.1. The topological polar surface area (TPSA) is 162 Å². The van der Waals surface area contributed by atoms with Gasteiger partial charge in [0, 0.05) is 5.92 Å². The summed E-state index contributed by atoms with van der Waals surface area (Å²) in [6, 6.07) is 0. The Labute approximate surface area is 130 Å². The molecule has 0 bridgehead atoms. The summed E-state index contributed by atoms with van der Waals surface area (Å²) in [5, 5.41) is 17.7. The fourth-order valence-corrected chi connectivity index (χ4v) is 4.16. The van der Waals surface area contributed by atoms with Crippen LogP contribution < -0.4 is 11.5 Å². The predicted molar refractivity (Wildman–Crippen MR) is 72.3 cm³/mol. The quantitative estimate of drug-likeness (QED) is 0.509. The molecule has 2 fully saturated rings. The Bertz CT molecular complexity index is 544. The molecule has 130 valence electrons. The molecule has 0 aromatic rings. The molecule has 2 saturated carbocycles. The molecule has 6 N–H and O–H groups in total. The first-order valence-electron chi connectivity index (χ1n) is 7.14. The fraction of sp³-hybridized carbons (Fsp3) is 0.769. The Morgan fingerprint density at radius 3 is 2.22 bits per heavy atom. The number of rotatable bonds is 6. The van der Waals surface area contributed by atoms with Crippen LogP contribution in [0, 0.1) is 11.3 Å². The highest BCUT2D eigenvalue weighted by molar-refractivity contribution is 5.87. The number of nitrogens with two attached hydrogens (primary N) is 2. The second-order valence-corrected chi connectivity index (χ2v) is 5.99. The van der Waals surface area contributed by atoms with Gasteiger partial charge in [0.15, 0.2) is 0 Å². The van der Waals surface area contributed by atoms with Crippen LogP contribution in [0.15, 0.2) is 0 Å². The molecule has 9 nitrogen and oxygen atoms in total. The van der Waals surface area contributed by atoms with Crippen LogP contribution in [0.5, 0.6) is 0 Å². The van der Waals surface area contributed by atoms with Gasteiger partial charge in [-0.1, -0.05) is 13.3 Å². The number of fused-ring (bicyclic) bond motifs is 1. The highest BCUT2D eigenvalue weighted by Crippen LogP contribution is 2.71. The van der Waals surface area contributed by atoms with Crippen molar-refractivity contribution in [1.29, 1.82) is 0 Å². The zero-order chi connectivity index (χ0) is 17.6. The molecule has 0 aromatic heterocycles. The normalized spacial score (nSPS) is 37.3. The molecule has 2 aliphatic rings. The van der Waals surface area contributed by atoms with Crippen LogP contribution in [0.3, 0.4) is 0 Å². The lowest BCUT2D eigenvalue weighted by Crippen LogP contribution is -2.64. The maximum absolute atomic E-state index is 14.2. The van der Waals surface area contributed by atoms with E-state index in [4.69, 9.17) is 26.4 Å². The third-order valence-corrected chi connectivity index (χ3v) is 4.93. The van der Waals surface area contributed by atoms with Crippen LogP contribution in [-0.4, -0.2) is 52.3 Å². The van der Waals surface area contributed by atoms with Crippen LogP contribution in [0.25, 0.3) is 0 Å². The van der Waals surface area contributed by atoms with Gasteiger partial charge >= 0.3 is 12.3 Å². The molecule has 2 rings (SSSR count). The minimum atomic E-state index is -1.84. The van der Waals surface area contributed by atoms with Gasteiger partial charge in [0.2, 0.25) is 5.91 Å². The number of primary amides is 1. The van der Waals surface area contributed by atoms with Crippen molar-refractivity contribution in [2.45, 2.75) is 50.1 Å². The van der Waals surface area contributed by atoms with Crippen LogP contribution >= 0.6 is 0 Å². The van der Waals surface area contributed by atoms with E-state index in [1.165, 1.54) is 0 Å². The summed E-state index contributed by atoms with van der Waals surface area (Å²) >= 11 is 0. The minimum Gasteiger partial charge on any atom is -0.450 e. The number of hydrogen-bond acceptors (Lipinski definition) is 6. The second-order valence-electron chi connectivity index (χ2n) is 5.99. The molecule has 0 radical (unpaired) electrons. The van der Waals surface area contributed by atoms with Gasteiger partial charge in [-0.3, -0.25) is 4.79 Å². The van der Waals surface area contributed by atoms with Gasteiger partial charge in [-0.2, -0.15) is 0 Å². The number of halogens is 1. The third-order valence-electron chi connectivity index (χ3n) is 4.93. The molecule has 6 atom stereocenters. The number of hydrogen-bond donors (Lipinski definition) is 4. The monoisotopic (exact) mass is 334 g/mol. The predicted octanol–water partition coefficient (Wildman–Crippen LogP) is 0.454. The van der Waals surface area contributed by atoms with E-state index in [2.05, 4.69) is 4.74 Å². The van der Waals surface area contributed by atoms with Crippen molar-refractivity contribution in [1.82, 2.24) is 0 Å². The molecule has 1 unspecified atom stereocenters. The van der Waals surface area contributed by atoms with E-state index < -0.39 is 53.5 Å². The van der Waals surface area contributed by atoms with Crippen LogP contribution in [0.1, 0.15) is 26.2 Å². The maximum Gasteiger partial charge on any atom is 0.506 e. The molecule has 23 heavy (non-hydrogen) atoms. The third kappa shape index (κ3) is 2.28. The van der Waals surface area contributed by atoms with E-state index in [0.717, 1.165) is 0 Å². The summed E-state index contributed by atoms with van der Waals surface area (Å²) in [6.07, 6.45) is -7.65. The van der Waals surface area contributed by atoms with Gasteiger partial charge in [0.1, 0.15) is 23.9 Å². The smallest absolute Gasteiger partial charge is 0.450 e. The SMILES string of the molecule is CCC[C@@](N)(C(N)=O)[C@@]12C(OC(=O)O)[C@@H](F)C[C@H]1[C@@H]2OC(=O)O. The molecule has 10 heteroatoms. The van der Waals surface area contributed by atoms with E-state index in [0.29, 0.717) is 6.42 Å². The highest BCUT2D eigenvalue weighted by Gasteiger charge is 2.86. The van der Waals surface area contributed by atoms with E-state index in [1.807, 2.05) is 0 Å². The summed E-state index contributed by atoms with van der Waals surface area (Å²) in [6.45, 7) is 1.71. The van der Waals surface area contributed by atoms with Crippen molar-refractivity contribution in [3.05, 3.63) is 0 Å². The zero-order valence-electron chi connectivity index (χ0n) is 12.4. The van der Waals surface area contributed by atoms with Crippen LogP contribution in [0.4, 0.5) is 14.0 Å². The number of alkyl halides is 1. The number of carbonyl (C=O) groups is 3. The lowest BCUT2D eigenvalue weighted by molar-refractivity contribution is -0.132. The van der Waals surface area contributed by atoms with Crippen molar-refractivity contribution in [2.24, 2.45) is 22.8 Å². The summed E-state index contributed by atoms with van der Waals surface area (Å²) in [5.41, 5.74) is 8.07. The van der Waals surface area contributed by atoms with Gasteiger partial charge < -0.3 is 31.2 Å². The summed E-state index contributed by atoms with van der Waals surface area (Å²) in [4.78, 5) is 33.7. The van der Waals surface area contributed by atoms with E-state index in [-0.39, 0.29) is 12.8 Å². The standard InChI is InChI=1S/C13H19FN2O7/c1-2-3-12(16,9(15)17)13-5(7(13)22-10(18)19)4-6(14)8(13)23-11(20)21/h5-8H,2-4,16H2,1H3,(H2,15,17)(H,18,19)(H,20,21)/t5-,6-,7-,8?,12+,13-/m0/s1. The summed E-state index contributed by atoms with van der Waals surface area (Å²) in [7, 11) is 0. The Morgan fingerprint density at radius 1 is 1.26 bits per heavy atom. The summed E-state index contributed by atoms with van der Waals surface area (Å²) in [5.74, 6) is -1.74. The first-order chi connectivity index (χ1) is 10.6. The molecular formula is C13H19FN2O7. The molecule has 0 spiro atoms. The lowest BCUT2D eigenvalue weighted by Gasteiger charge is -2.38. The van der Waals surface area contributed by atoms with Crippen molar-refractivity contribution >= 4 is 18.2 Å². The first kappa shape index (κ1) is 17.3. The largest absolute Gasteiger partial charge is 0.506 e. The minimum absolute atomic E-state index is 0.0184. The van der Waals surface area contributed by atoms with Crippen molar-refractivity contribution in [2.75, 3.05) is 0 Å². The van der Waals surface area contributed by atoms with Gasteiger partial charge in [-0.05, 0) is 12.8 Å². The number of carbonyl (C=O) groups excluding carboxylic acids is 1. The Hall–Kier alpha value is -2.10. The molecule has 2 aliphatic carbocycles. The fourth-order valence-electron chi connectivity index (χ4n) is 4.16. The zero-order valence-corrected chi connectivity index (χ0v) is 12.4. The lowest BCUT2D eigenvalue weighted by atomic mass is 9.73. The molecule has 0 saturated heterocycles. The Morgan fingerprint density at radius 2 is 1.78 bits per heavy atom. The average Bonchev–Trinajstić information content (AvgIpc) is 2.91. The van der Waals surface area contributed by atoms with Crippen molar-refractivity contribution in [3.8, 4) is 0 Å².